The first-order valence-corrected chi connectivity index (χ1v) is 12.4. The molecule has 10 heteroatoms. The SMILES string of the molecule is COc1cccc2c1C(=O)c1c(O)c3c(c(O)c1C2=O)C[C@@](O)(C(C)=O)CC3OC1CC(C)C(F)C(C)O1. The molecule has 202 valence electrons. The lowest BCUT2D eigenvalue weighted by atomic mass is 9.72. The number of carbonyl (C=O) groups is 3. The van der Waals surface area contributed by atoms with Crippen LogP contribution in [0, 0.1) is 5.92 Å². The molecular weight excluding hydrogens is 499 g/mol. The Morgan fingerprint density at radius 1 is 1.11 bits per heavy atom. The summed E-state index contributed by atoms with van der Waals surface area (Å²) in [4.78, 5) is 39.6. The number of fused-ring (bicyclic) bond motifs is 3. The van der Waals surface area contributed by atoms with E-state index in [1.807, 2.05) is 0 Å². The van der Waals surface area contributed by atoms with Crippen LogP contribution in [0.4, 0.5) is 4.39 Å². The van der Waals surface area contributed by atoms with Gasteiger partial charge in [0, 0.05) is 36.0 Å². The third-order valence-electron chi connectivity index (χ3n) is 7.97. The fraction of sp³-hybridized carbons (Fsp3) is 0.464. The van der Waals surface area contributed by atoms with Gasteiger partial charge in [-0.3, -0.25) is 14.4 Å². The summed E-state index contributed by atoms with van der Waals surface area (Å²) in [7, 11) is 1.34. The Kier molecular flexibility index (Phi) is 6.32. The molecule has 1 heterocycles. The van der Waals surface area contributed by atoms with Crippen LogP contribution in [0.3, 0.4) is 0 Å². The number of ketones is 3. The minimum absolute atomic E-state index is 0.0127. The normalized spacial score (nSPS) is 30.3. The van der Waals surface area contributed by atoms with Crippen molar-refractivity contribution in [3.63, 3.8) is 0 Å². The molecule has 0 saturated carbocycles. The molecule has 2 aromatic rings. The molecule has 3 N–H and O–H groups in total. The van der Waals surface area contributed by atoms with Gasteiger partial charge in [-0.1, -0.05) is 19.1 Å². The minimum Gasteiger partial charge on any atom is -0.507 e. The van der Waals surface area contributed by atoms with Crippen LogP contribution >= 0.6 is 0 Å². The van der Waals surface area contributed by atoms with Gasteiger partial charge in [0.1, 0.15) is 29.0 Å². The van der Waals surface area contributed by atoms with Gasteiger partial charge in [0.2, 0.25) is 5.78 Å². The van der Waals surface area contributed by atoms with Crippen molar-refractivity contribution in [1.82, 2.24) is 0 Å². The molecule has 1 saturated heterocycles. The van der Waals surface area contributed by atoms with Gasteiger partial charge >= 0.3 is 0 Å². The number of aliphatic hydroxyl groups is 1. The maximum atomic E-state index is 14.3. The summed E-state index contributed by atoms with van der Waals surface area (Å²) in [5.41, 5.74) is -3.01. The summed E-state index contributed by atoms with van der Waals surface area (Å²) in [6, 6.07) is 4.44. The van der Waals surface area contributed by atoms with E-state index in [0.29, 0.717) is 0 Å². The molecule has 5 rings (SSSR count). The topological polar surface area (TPSA) is 140 Å². The molecule has 0 amide bonds. The fourth-order valence-corrected chi connectivity index (χ4v) is 5.84. The largest absolute Gasteiger partial charge is 0.507 e. The van der Waals surface area contributed by atoms with Gasteiger partial charge in [-0.2, -0.15) is 0 Å². The average Bonchev–Trinajstić information content (AvgIpc) is 2.87. The number of hydrogen-bond acceptors (Lipinski definition) is 9. The third-order valence-corrected chi connectivity index (χ3v) is 7.97. The number of ether oxygens (including phenoxy) is 3. The summed E-state index contributed by atoms with van der Waals surface area (Å²) in [6.45, 7) is 4.45. The Labute approximate surface area is 218 Å². The van der Waals surface area contributed by atoms with Gasteiger partial charge in [0.05, 0.1) is 36.0 Å². The second-order valence-corrected chi connectivity index (χ2v) is 10.4. The van der Waals surface area contributed by atoms with Gasteiger partial charge in [0.15, 0.2) is 17.9 Å². The number of hydrogen-bond donors (Lipinski definition) is 3. The smallest absolute Gasteiger partial charge is 0.202 e. The number of rotatable bonds is 4. The standard InChI is InChI=1S/C28H29FO9/c1-11-8-18(37-12(2)23(11)29)38-17-10-28(35,13(3)30)9-15-20(17)27(34)22-21(25(15)32)24(31)14-6-5-7-16(36-4)19(14)26(22)33/h5-7,11-12,17-18,23,32,34-35H,8-10H2,1-4H3/t11?,12?,17?,18?,23?,28-/m0/s1. The number of methoxy groups -OCH3 is 1. The molecule has 3 aliphatic rings. The summed E-state index contributed by atoms with van der Waals surface area (Å²) in [5, 5.41) is 34.0. The molecule has 0 spiro atoms. The van der Waals surface area contributed by atoms with E-state index in [9.17, 15) is 34.1 Å². The average molecular weight is 529 g/mol. The van der Waals surface area contributed by atoms with E-state index in [4.69, 9.17) is 14.2 Å². The van der Waals surface area contributed by atoms with E-state index in [2.05, 4.69) is 0 Å². The fourth-order valence-electron chi connectivity index (χ4n) is 5.84. The lowest BCUT2D eigenvalue weighted by Gasteiger charge is -2.41. The van der Waals surface area contributed by atoms with Crippen LogP contribution in [0.5, 0.6) is 17.2 Å². The number of phenolic OH excluding ortho intramolecular Hbond substituents is 2. The Hall–Kier alpha value is -3.34. The first kappa shape index (κ1) is 26.3. The van der Waals surface area contributed by atoms with Crippen LogP contribution in [-0.2, 0) is 20.7 Å². The first-order chi connectivity index (χ1) is 17.9. The number of benzene rings is 2. The van der Waals surface area contributed by atoms with Crippen LogP contribution in [0.1, 0.15) is 82.7 Å². The number of alkyl halides is 1. The summed E-state index contributed by atoms with van der Waals surface area (Å²) < 4.78 is 31.4. The number of halogens is 1. The van der Waals surface area contributed by atoms with Crippen molar-refractivity contribution in [2.75, 3.05) is 7.11 Å². The zero-order valence-electron chi connectivity index (χ0n) is 21.4. The van der Waals surface area contributed by atoms with E-state index >= 15 is 0 Å². The van der Waals surface area contributed by atoms with Crippen molar-refractivity contribution >= 4 is 17.3 Å². The second kappa shape index (κ2) is 9.14. The Morgan fingerprint density at radius 2 is 1.79 bits per heavy atom. The van der Waals surface area contributed by atoms with Gasteiger partial charge in [0.25, 0.3) is 0 Å². The molecule has 1 fully saturated rings. The van der Waals surface area contributed by atoms with E-state index < -0.39 is 82.6 Å². The maximum absolute atomic E-state index is 14.3. The summed E-state index contributed by atoms with van der Waals surface area (Å²) in [5.74, 6) is -3.56. The number of Topliss-reactive ketones (excluding diaryl/α,β-unsaturated/α-hetero) is 1. The van der Waals surface area contributed by atoms with Crippen LogP contribution in [-0.4, -0.2) is 63.9 Å². The monoisotopic (exact) mass is 528 g/mol. The van der Waals surface area contributed by atoms with Crippen LogP contribution in [0.15, 0.2) is 18.2 Å². The highest BCUT2D eigenvalue weighted by Gasteiger charge is 2.49. The van der Waals surface area contributed by atoms with E-state index in [1.165, 1.54) is 32.2 Å². The summed E-state index contributed by atoms with van der Waals surface area (Å²) >= 11 is 0. The zero-order chi connectivity index (χ0) is 27.7. The molecule has 2 aliphatic carbocycles. The van der Waals surface area contributed by atoms with E-state index in [1.54, 1.807) is 13.8 Å². The predicted molar refractivity (Wildman–Crippen MR) is 130 cm³/mol. The first-order valence-electron chi connectivity index (χ1n) is 12.4. The van der Waals surface area contributed by atoms with Crippen molar-refractivity contribution in [2.45, 2.75) is 70.3 Å². The molecule has 0 aromatic heterocycles. The molecule has 2 aromatic carbocycles. The summed E-state index contributed by atoms with van der Waals surface area (Å²) in [6.07, 6.45) is -4.73. The third kappa shape index (κ3) is 3.81. The van der Waals surface area contributed by atoms with Crippen molar-refractivity contribution in [2.24, 2.45) is 5.92 Å². The highest BCUT2D eigenvalue weighted by atomic mass is 19.1. The number of aromatic hydroxyl groups is 2. The Balaban J connectivity index is 1.68. The number of phenols is 2. The van der Waals surface area contributed by atoms with Crippen LogP contribution < -0.4 is 4.74 Å². The van der Waals surface area contributed by atoms with E-state index in [-0.39, 0.29) is 40.8 Å². The molecule has 0 bridgehead atoms. The van der Waals surface area contributed by atoms with Crippen LogP contribution in [0.2, 0.25) is 0 Å². The van der Waals surface area contributed by atoms with E-state index in [0.717, 1.165) is 0 Å². The van der Waals surface area contributed by atoms with Gasteiger partial charge in [-0.05, 0) is 25.8 Å². The Morgan fingerprint density at radius 3 is 2.42 bits per heavy atom. The van der Waals surface area contributed by atoms with Gasteiger partial charge in [-0.25, -0.2) is 4.39 Å². The van der Waals surface area contributed by atoms with Gasteiger partial charge < -0.3 is 29.5 Å². The molecule has 9 nitrogen and oxygen atoms in total. The predicted octanol–water partition coefficient (Wildman–Crippen LogP) is 3.31. The van der Waals surface area contributed by atoms with Crippen molar-refractivity contribution in [3.05, 3.63) is 51.6 Å². The van der Waals surface area contributed by atoms with Crippen LogP contribution in [0.25, 0.3) is 0 Å². The van der Waals surface area contributed by atoms with Gasteiger partial charge in [-0.15, -0.1) is 0 Å². The van der Waals surface area contributed by atoms with Crippen molar-refractivity contribution in [1.29, 1.82) is 0 Å². The molecular formula is C28H29FO9. The Bertz CT molecular complexity index is 1360. The maximum Gasteiger partial charge on any atom is 0.202 e. The molecule has 5 unspecified atom stereocenters. The molecule has 38 heavy (non-hydrogen) atoms. The second-order valence-electron chi connectivity index (χ2n) is 10.4. The zero-order valence-corrected chi connectivity index (χ0v) is 21.4. The minimum atomic E-state index is -1.99. The quantitative estimate of drug-likeness (QED) is 0.435. The molecule has 0 radical (unpaired) electrons. The highest BCUT2D eigenvalue weighted by Crippen LogP contribution is 2.52. The molecule has 1 aliphatic heterocycles. The lowest BCUT2D eigenvalue weighted by molar-refractivity contribution is -0.246. The van der Waals surface area contributed by atoms with Crippen molar-refractivity contribution in [3.8, 4) is 17.2 Å². The highest BCUT2D eigenvalue weighted by molar-refractivity contribution is 6.31. The lowest BCUT2D eigenvalue weighted by Crippen LogP contribution is -2.47. The number of carbonyl (C=O) groups excluding carboxylic acids is 3. The molecule has 6 atom stereocenters. The van der Waals surface area contributed by atoms with Crippen molar-refractivity contribution < 1.29 is 48.3 Å².